The van der Waals surface area contributed by atoms with Crippen LogP contribution < -0.4 is 5.32 Å². The second-order valence-electron chi connectivity index (χ2n) is 6.74. The van der Waals surface area contributed by atoms with Gasteiger partial charge in [-0.2, -0.15) is 0 Å². The fraction of sp³-hybridized carbons (Fsp3) is 0.273. The predicted octanol–water partition coefficient (Wildman–Crippen LogP) is 4.72. The van der Waals surface area contributed by atoms with Gasteiger partial charge in [0.25, 0.3) is 0 Å². The Kier molecular flexibility index (Phi) is 7.81. The SMILES string of the molecule is C=CCn1c(SCC(=O)Nc2sc(C)c(CC)c2C(=O)OC)nnc1-c1ccc(F)cc1. The molecular formula is C22H23FN4O3S2. The number of hydrogen-bond acceptors (Lipinski definition) is 7. The van der Waals surface area contributed by atoms with Gasteiger partial charge in [-0.1, -0.05) is 24.8 Å². The molecule has 0 aliphatic rings. The molecule has 1 aromatic carbocycles. The van der Waals surface area contributed by atoms with E-state index in [0.717, 1.165) is 10.4 Å². The summed E-state index contributed by atoms with van der Waals surface area (Å²) in [4.78, 5) is 25.8. The van der Waals surface area contributed by atoms with Gasteiger partial charge in [-0.05, 0) is 43.2 Å². The Morgan fingerprint density at radius 2 is 2.03 bits per heavy atom. The molecule has 0 aliphatic heterocycles. The first-order valence-electron chi connectivity index (χ1n) is 9.82. The first-order chi connectivity index (χ1) is 15.4. The number of ether oxygens (including phenoxy) is 1. The minimum atomic E-state index is -0.469. The van der Waals surface area contributed by atoms with E-state index in [-0.39, 0.29) is 17.5 Å². The average molecular weight is 475 g/mol. The topological polar surface area (TPSA) is 86.1 Å². The Labute approximate surface area is 193 Å². The second-order valence-corrected chi connectivity index (χ2v) is 8.90. The molecule has 0 saturated carbocycles. The summed E-state index contributed by atoms with van der Waals surface area (Å²) >= 11 is 2.57. The molecule has 0 saturated heterocycles. The molecule has 3 rings (SSSR count). The average Bonchev–Trinajstić information content (AvgIpc) is 3.32. The van der Waals surface area contributed by atoms with E-state index in [2.05, 4.69) is 22.1 Å². The number of carbonyl (C=O) groups excluding carboxylic acids is 2. The molecule has 2 aromatic heterocycles. The van der Waals surface area contributed by atoms with Crippen molar-refractivity contribution in [2.24, 2.45) is 0 Å². The summed E-state index contributed by atoms with van der Waals surface area (Å²) < 4.78 is 20.0. The van der Waals surface area contributed by atoms with E-state index in [9.17, 15) is 14.0 Å². The minimum Gasteiger partial charge on any atom is -0.465 e. The van der Waals surface area contributed by atoms with E-state index in [1.165, 1.54) is 42.3 Å². The molecule has 32 heavy (non-hydrogen) atoms. The number of aryl methyl sites for hydroxylation is 1. The molecule has 0 aliphatic carbocycles. The molecule has 168 valence electrons. The molecule has 10 heteroatoms. The quantitative estimate of drug-likeness (QED) is 0.274. The molecule has 2 heterocycles. The highest BCUT2D eigenvalue weighted by Gasteiger charge is 2.23. The van der Waals surface area contributed by atoms with Gasteiger partial charge in [0.1, 0.15) is 10.8 Å². The van der Waals surface area contributed by atoms with Gasteiger partial charge >= 0.3 is 5.97 Å². The van der Waals surface area contributed by atoms with Crippen LogP contribution in [0.5, 0.6) is 0 Å². The monoisotopic (exact) mass is 474 g/mol. The zero-order chi connectivity index (χ0) is 23.3. The summed E-state index contributed by atoms with van der Waals surface area (Å²) in [7, 11) is 1.32. The molecule has 3 aromatic rings. The lowest BCUT2D eigenvalue weighted by molar-refractivity contribution is -0.113. The minimum absolute atomic E-state index is 0.0672. The van der Waals surface area contributed by atoms with Gasteiger partial charge < -0.3 is 10.1 Å². The van der Waals surface area contributed by atoms with Crippen LogP contribution in [0, 0.1) is 12.7 Å². The first kappa shape index (κ1) is 23.7. The first-order valence-corrected chi connectivity index (χ1v) is 11.6. The third-order valence-corrected chi connectivity index (χ3v) is 6.70. The highest BCUT2D eigenvalue weighted by Crippen LogP contribution is 2.34. The number of anilines is 1. The van der Waals surface area contributed by atoms with Crippen molar-refractivity contribution in [2.45, 2.75) is 32.0 Å². The van der Waals surface area contributed by atoms with Crippen molar-refractivity contribution in [1.82, 2.24) is 14.8 Å². The van der Waals surface area contributed by atoms with Crippen LogP contribution in [0.3, 0.4) is 0 Å². The van der Waals surface area contributed by atoms with Crippen LogP contribution in [-0.4, -0.2) is 39.5 Å². The number of halogens is 1. The summed E-state index contributed by atoms with van der Waals surface area (Å²) in [5.41, 5.74) is 1.99. The number of thioether (sulfide) groups is 1. The molecule has 7 nitrogen and oxygen atoms in total. The molecule has 1 N–H and O–H groups in total. The Morgan fingerprint density at radius 1 is 1.31 bits per heavy atom. The van der Waals surface area contributed by atoms with Crippen molar-refractivity contribution in [1.29, 1.82) is 0 Å². The van der Waals surface area contributed by atoms with Gasteiger partial charge in [-0.15, -0.1) is 28.1 Å². The van der Waals surface area contributed by atoms with Gasteiger partial charge in [0.2, 0.25) is 5.91 Å². The summed E-state index contributed by atoms with van der Waals surface area (Å²) in [5.74, 6) is -0.458. The van der Waals surface area contributed by atoms with Crippen molar-refractivity contribution in [3.8, 4) is 11.4 Å². The number of rotatable bonds is 9. The van der Waals surface area contributed by atoms with Gasteiger partial charge in [-0.3, -0.25) is 9.36 Å². The van der Waals surface area contributed by atoms with Crippen LogP contribution >= 0.6 is 23.1 Å². The van der Waals surface area contributed by atoms with E-state index in [1.54, 1.807) is 18.2 Å². The van der Waals surface area contributed by atoms with E-state index >= 15 is 0 Å². The maximum Gasteiger partial charge on any atom is 0.341 e. The highest BCUT2D eigenvalue weighted by molar-refractivity contribution is 7.99. The number of thiophene rings is 1. The standard InChI is InChI=1S/C22H23FN4O3S2/c1-5-11-27-19(14-7-9-15(23)10-8-14)25-26-22(27)31-12-17(28)24-20-18(21(29)30-4)16(6-2)13(3)32-20/h5,7-10H,1,6,11-12H2,2-4H3,(H,24,28). The number of amides is 1. The van der Waals surface area contributed by atoms with Gasteiger partial charge in [0.05, 0.1) is 18.4 Å². The molecule has 0 bridgehead atoms. The maximum absolute atomic E-state index is 13.3. The lowest BCUT2D eigenvalue weighted by Gasteiger charge is -2.09. The fourth-order valence-electron chi connectivity index (χ4n) is 3.20. The summed E-state index contributed by atoms with van der Waals surface area (Å²) in [6, 6.07) is 5.96. The van der Waals surface area contributed by atoms with Crippen molar-refractivity contribution >= 4 is 40.0 Å². The van der Waals surface area contributed by atoms with Crippen molar-refractivity contribution in [3.63, 3.8) is 0 Å². The third-order valence-electron chi connectivity index (χ3n) is 4.67. The number of methoxy groups -OCH3 is 1. The fourth-order valence-corrected chi connectivity index (χ4v) is 5.10. The van der Waals surface area contributed by atoms with Gasteiger partial charge in [-0.25, -0.2) is 9.18 Å². The number of nitrogens with zero attached hydrogens (tertiary/aromatic N) is 3. The highest BCUT2D eigenvalue weighted by atomic mass is 32.2. The number of allylic oxidation sites excluding steroid dienone is 1. The largest absolute Gasteiger partial charge is 0.465 e. The Hall–Kier alpha value is -2.98. The van der Waals surface area contributed by atoms with E-state index in [4.69, 9.17) is 4.74 Å². The lowest BCUT2D eigenvalue weighted by atomic mass is 10.1. The zero-order valence-corrected chi connectivity index (χ0v) is 19.6. The van der Waals surface area contributed by atoms with Gasteiger partial charge in [0, 0.05) is 17.0 Å². The van der Waals surface area contributed by atoms with Crippen LogP contribution in [0.2, 0.25) is 0 Å². The van der Waals surface area contributed by atoms with Crippen molar-refractivity contribution in [3.05, 3.63) is 58.7 Å². The van der Waals surface area contributed by atoms with E-state index in [0.29, 0.717) is 40.1 Å². The normalized spacial score (nSPS) is 10.8. The molecule has 0 unspecified atom stereocenters. The van der Waals surface area contributed by atoms with E-state index < -0.39 is 5.97 Å². The number of esters is 1. The number of aromatic nitrogens is 3. The molecule has 0 atom stereocenters. The van der Waals surface area contributed by atoms with Crippen LogP contribution in [0.1, 0.15) is 27.7 Å². The van der Waals surface area contributed by atoms with Crippen LogP contribution in [0.4, 0.5) is 9.39 Å². The lowest BCUT2D eigenvalue weighted by Crippen LogP contribution is -2.16. The Bertz CT molecular complexity index is 1140. The molecular weight excluding hydrogens is 451 g/mol. The van der Waals surface area contributed by atoms with Crippen LogP contribution in [-0.2, 0) is 22.5 Å². The maximum atomic E-state index is 13.3. The number of hydrogen-bond donors (Lipinski definition) is 1. The van der Waals surface area contributed by atoms with E-state index in [1.807, 2.05) is 18.4 Å². The molecule has 0 radical (unpaired) electrons. The summed E-state index contributed by atoms with van der Waals surface area (Å²) in [6.45, 7) is 8.06. The summed E-state index contributed by atoms with van der Waals surface area (Å²) in [6.07, 6.45) is 2.36. The third kappa shape index (κ3) is 5.08. The Morgan fingerprint density at radius 3 is 2.66 bits per heavy atom. The van der Waals surface area contributed by atoms with Gasteiger partial charge in [0.15, 0.2) is 11.0 Å². The molecule has 1 amide bonds. The van der Waals surface area contributed by atoms with Crippen LogP contribution in [0.15, 0.2) is 42.1 Å². The van der Waals surface area contributed by atoms with Crippen molar-refractivity contribution < 1.29 is 18.7 Å². The van der Waals surface area contributed by atoms with Crippen molar-refractivity contribution in [2.75, 3.05) is 18.2 Å². The molecule has 0 fully saturated rings. The summed E-state index contributed by atoms with van der Waals surface area (Å²) in [5, 5.41) is 12.2. The predicted molar refractivity (Wildman–Crippen MR) is 125 cm³/mol. The van der Waals surface area contributed by atoms with Crippen LogP contribution in [0.25, 0.3) is 11.4 Å². The second kappa shape index (κ2) is 10.6. The number of carbonyl (C=O) groups is 2. The number of nitrogens with one attached hydrogen (secondary N) is 1. The smallest absolute Gasteiger partial charge is 0.341 e. The number of benzene rings is 1. The molecule has 0 spiro atoms. The zero-order valence-electron chi connectivity index (χ0n) is 18.0. The Balaban J connectivity index is 1.76.